The molecule has 5 heteroatoms. The highest BCUT2D eigenvalue weighted by Gasteiger charge is 2.11. The van der Waals surface area contributed by atoms with Gasteiger partial charge in [0.25, 0.3) is 0 Å². The molecule has 0 aromatic heterocycles. The molecule has 2 rings (SSSR count). The Labute approximate surface area is 128 Å². The quantitative estimate of drug-likeness (QED) is 0.784. The van der Waals surface area contributed by atoms with Gasteiger partial charge in [-0.1, -0.05) is 35.9 Å². The van der Waals surface area contributed by atoms with Crippen LogP contribution in [0.1, 0.15) is 5.56 Å². The maximum Gasteiger partial charge on any atom is 0.165 e. The largest absolute Gasteiger partial charge is 0.452 e. The predicted octanol–water partition coefficient (Wildman–Crippen LogP) is 4.01. The fraction of sp³-hybridized carbons (Fsp3) is 0.250. The summed E-state index contributed by atoms with van der Waals surface area (Å²) < 4.78 is 24.3. The Morgan fingerprint density at radius 2 is 1.95 bits per heavy atom. The van der Waals surface area contributed by atoms with Gasteiger partial charge in [0.2, 0.25) is 0 Å². The van der Waals surface area contributed by atoms with E-state index in [1.54, 1.807) is 31.4 Å². The van der Waals surface area contributed by atoms with Crippen molar-refractivity contribution in [2.24, 2.45) is 0 Å². The first-order valence-electron chi connectivity index (χ1n) is 6.62. The van der Waals surface area contributed by atoms with Crippen molar-refractivity contribution in [2.45, 2.75) is 6.54 Å². The molecule has 0 aliphatic rings. The van der Waals surface area contributed by atoms with Gasteiger partial charge in [-0.05, 0) is 18.2 Å². The van der Waals surface area contributed by atoms with E-state index >= 15 is 0 Å². The Bertz CT molecular complexity index is 592. The normalized spacial score (nSPS) is 10.6. The molecule has 0 heterocycles. The van der Waals surface area contributed by atoms with Crippen molar-refractivity contribution in [3.05, 3.63) is 58.9 Å². The van der Waals surface area contributed by atoms with Crippen molar-refractivity contribution in [3.63, 3.8) is 0 Å². The first kappa shape index (κ1) is 15.8. The molecule has 0 atom stereocenters. The monoisotopic (exact) mass is 309 g/mol. The Morgan fingerprint density at radius 3 is 2.71 bits per heavy atom. The number of hydrogen-bond acceptors (Lipinski definition) is 3. The Hall–Kier alpha value is -1.62. The predicted molar refractivity (Wildman–Crippen MR) is 81.5 cm³/mol. The number of ether oxygens (including phenoxy) is 2. The number of hydrogen-bond donors (Lipinski definition) is 1. The van der Waals surface area contributed by atoms with Gasteiger partial charge >= 0.3 is 0 Å². The number of benzene rings is 2. The summed E-state index contributed by atoms with van der Waals surface area (Å²) in [5.74, 6) is 0.202. The molecule has 2 aromatic rings. The van der Waals surface area contributed by atoms with E-state index in [0.29, 0.717) is 30.5 Å². The van der Waals surface area contributed by atoms with Gasteiger partial charge in [0.05, 0.1) is 11.6 Å². The van der Waals surface area contributed by atoms with Crippen molar-refractivity contribution in [3.8, 4) is 11.5 Å². The van der Waals surface area contributed by atoms with E-state index in [9.17, 15) is 4.39 Å². The van der Waals surface area contributed by atoms with Gasteiger partial charge in [-0.15, -0.1) is 0 Å². The third-order valence-electron chi connectivity index (χ3n) is 2.90. The molecule has 0 saturated heterocycles. The Morgan fingerprint density at radius 1 is 1.14 bits per heavy atom. The standard InChI is InChI=1S/C16H17ClFNO2/c1-20-10-9-19-11-12-5-4-6-13(17)16(12)21-15-8-3-2-7-14(15)18/h2-8,19H,9-11H2,1H3. The lowest BCUT2D eigenvalue weighted by Gasteiger charge is -2.14. The van der Waals surface area contributed by atoms with Crippen LogP contribution in [-0.4, -0.2) is 20.3 Å². The van der Waals surface area contributed by atoms with E-state index in [1.165, 1.54) is 6.07 Å². The summed E-state index contributed by atoms with van der Waals surface area (Å²) >= 11 is 6.17. The minimum absolute atomic E-state index is 0.156. The number of nitrogens with one attached hydrogen (secondary N) is 1. The molecule has 3 nitrogen and oxygen atoms in total. The van der Waals surface area contributed by atoms with E-state index in [1.807, 2.05) is 12.1 Å². The number of methoxy groups -OCH3 is 1. The number of para-hydroxylation sites is 2. The van der Waals surface area contributed by atoms with E-state index in [-0.39, 0.29) is 5.75 Å². The molecule has 1 N–H and O–H groups in total. The second kappa shape index (κ2) is 7.98. The van der Waals surface area contributed by atoms with Crippen molar-refractivity contribution in [1.29, 1.82) is 0 Å². The summed E-state index contributed by atoms with van der Waals surface area (Å²) in [5, 5.41) is 3.66. The van der Waals surface area contributed by atoms with Crippen molar-refractivity contribution >= 4 is 11.6 Å². The zero-order valence-corrected chi connectivity index (χ0v) is 12.5. The molecule has 21 heavy (non-hydrogen) atoms. The van der Waals surface area contributed by atoms with Crippen molar-refractivity contribution in [2.75, 3.05) is 20.3 Å². The minimum Gasteiger partial charge on any atom is -0.452 e. The van der Waals surface area contributed by atoms with Crippen LogP contribution in [-0.2, 0) is 11.3 Å². The lowest BCUT2D eigenvalue weighted by atomic mass is 10.2. The highest BCUT2D eigenvalue weighted by atomic mass is 35.5. The highest BCUT2D eigenvalue weighted by Crippen LogP contribution is 2.33. The summed E-state index contributed by atoms with van der Waals surface area (Å²) in [6.45, 7) is 1.89. The van der Waals surface area contributed by atoms with Crippen LogP contribution in [0.5, 0.6) is 11.5 Å². The van der Waals surface area contributed by atoms with Crippen molar-refractivity contribution in [1.82, 2.24) is 5.32 Å². The molecule has 0 unspecified atom stereocenters. The van der Waals surface area contributed by atoms with Gasteiger partial charge in [0.1, 0.15) is 0 Å². The summed E-state index contributed by atoms with van der Waals surface area (Å²) in [6.07, 6.45) is 0. The lowest BCUT2D eigenvalue weighted by Crippen LogP contribution is -2.18. The molecule has 0 fully saturated rings. The molecule has 0 radical (unpaired) electrons. The maximum absolute atomic E-state index is 13.7. The summed E-state index contributed by atoms with van der Waals surface area (Å²) in [5.41, 5.74) is 0.863. The molecular weight excluding hydrogens is 293 g/mol. The lowest BCUT2D eigenvalue weighted by molar-refractivity contribution is 0.199. The van der Waals surface area contributed by atoms with E-state index in [4.69, 9.17) is 21.1 Å². The highest BCUT2D eigenvalue weighted by molar-refractivity contribution is 6.32. The molecule has 0 amide bonds. The van der Waals surface area contributed by atoms with Crippen LogP contribution in [0.3, 0.4) is 0 Å². The van der Waals surface area contributed by atoms with Gasteiger partial charge in [0.15, 0.2) is 17.3 Å². The third kappa shape index (κ3) is 4.43. The molecule has 2 aromatic carbocycles. The average molecular weight is 310 g/mol. The number of halogens is 2. The van der Waals surface area contributed by atoms with E-state index in [0.717, 1.165) is 5.56 Å². The second-order valence-electron chi connectivity index (χ2n) is 4.43. The fourth-order valence-corrected chi connectivity index (χ4v) is 2.07. The molecule has 0 bridgehead atoms. The molecule has 0 aliphatic carbocycles. The van der Waals surface area contributed by atoms with Crippen LogP contribution < -0.4 is 10.1 Å². The van der Waals surface area contributed by atoms with Gasteiger partial charge in [-0.25, -0.2) is 4.39 Å². The van der Waals surface area contributed by atoms with Gasteiger partial charge in [-0.2, -0.15) is 0 Å². The van der Waals surface area contributed by atoms with Crippen LogP contribution in [0.25, 0.3) is 0 Å². The first-order valence-corrected chi connectivity index (χ1v) is 6.99. The minimum atomic E-state index is -0.421. The van der Waals surface area contributed by atoms with Crippen LogP contribution in [0, 0.1) is 5.82 Å². The third-order valence-corrected chi connectivity index (χ3v) is 3.19. The summed E-state index contributed by atoms with van der Waals surface area (Å²) in [4.78, 5) is 0. The zero-order chi connectivity index (χ0) is 15.1. The van der Waals surface area contributed by atoms with E-state index in [2.05, 4.69) is 5.32 Å². The van der Waals surface area contributed by atoms with Crippen LogP contribution >= 0.6 is 11.6 Å². The Kier molecular flexibility index (Phi) is 5.99. The molecule has 0 saturated carbocycles. The molecule has 0 spiro atoms. The summed E-state index contributed by atoms with van der Waals surface area (Å²) in [7, 11) is 1.65. The van der Waals surface area contributed by atoms with Gasteiger partial charge in [0, 0.05) is 25.8 Å². The van der Waals surface area contributed by atoms with Crippen molar-refractivity contribution < 1.29 is 13.9 Å². The molecule has 112 valence electrons. The van der Waals surface area contributed by atoms with Crippen LogP contribution in [0.4, 0.5) is 4.39 Å². The molecular formula is C16H17ClFNO2. The summed E-state index contributed by atoms with van der Waals surface area (Å²) in [6, 6.07) is 11.7. The Balaban J connectivity index is 2.16. The SMILES string of the molecule is COCCNCc1cccc(Cl)c1Oc1ccccc1F. The van der Waals surface area contributed by atoms with Gasteiger partial charge in [-0.3, -0.25) is 0 Å². The molecule has 0 aliphatic heterocycles. The van der Waals surface area contributed by atoms with Crippen LogP contribution in [0.2, 0.25) is 5.02 Å². The van der Waals surface area contributed by atoms with Crippen LogP contribution in [0.15, 0.2) is 42.5 Å². The maximum atomic E-state index is 13.7. The fourth-order valence-electron chi connectivity index (χ4n) is 1.84. The zero-order valence-electron chi connectivity index (χ0n) is 11.7. The average Bonchev–Trinajstić information content (AvgIpc) is 2.49. The number of rotatable bonds is 7. The van der Waals surface area contributed by atoms with Gasteiger partial charge < -0.3 is 14.8 Å². The topological polar surface area (TPSA) is 30.5 Å². The second-order valence-corrected chi connectivity index (χ2v) is 4.84. The smallest absolute Gasteiger partial charge is 0.165 e. The first-order chi connectivity index (χ1) is 10.2. The van der Waals surface area contributed by atoms with E-state index < -0.39 is 5.82 Å².